The maximum Gasteiger partial charge on any atom is 0.330 e. The number of benzene rings is 2. The van der Waals surface area contributed by atoms with Crippen LogP contribution < -0.4 is 14.4 Å². The average molecular weight is 735 g/mol. The second kappa shape index (κ2) is 15.5. The molecule has 3 aliphatic heterocycles. The van der Waals surface area contributed by atoms with Crippen LogP contribution in [0.25, 0.3) is 0 Å². The number of fused-ring (bicyclic) bond motifs is 4. The summed E-state index contributed by atoms with van der Waals surface area (Å²) in [7, 11) is -0.102. The van der Waals surface area contributed by atoms with Gasteiger partial charge in [-0.05, 0) is 92.5 Å². The summed E-state index contributed by atoms with van der Waals surface area (Å²) in [5.41, 5.74) is 5.00. The highest BCUT2D eigenvalue weighted by Gasteiger charge is 2.44. The molecule has 3 heterocycles. The Kier molecular flexibility index (Phi) is 11.0. The third-order valence-corrected chi connectivity index (χ3v) is 13.7. The van der Waals surface area contributed by atoms with Crippen molar-refractivity contribution in [2.75, 3.05) is 70.9 Å². The van der Waals surface area contributed by atoms with Crippen LogP contribution in [-0.4, -0.2) is 99.2 Å². The number of rotatable bonds is 6. The van der Waals surface area contributed by atoms with Gasteiger partial charge in [-0.2, -0.15) is 0 Å². The van der Waals surface area contributed by atoms with E-state index >= 15 is 0 Å². The fourth-order valence-electron chi connectivity index (χ4n) is 8.74. The SMILES string of the molecule is COCCOC1CN(C(=O)NS2(=O)=NC(=O)c3ccc4c(c3)N(C[C@@H]3CC[C@H]3[C@@H](OC)/C=C/C[C@H](C)C2)C[C@@]2(CCCc3cc(C)ccc32)CO4)C1. The molecule has 1 saturated carbocycles. The zero-order valence-corrected chi connectivity index (χ0v) is 31.8. The van der Waals surface area contributed by atoms with E-state index in [2.05, 4.69) is 51.3 Å². The number of carbonyl (C=O) groups excluding carboxylic acids is 2. The van der Waals surface area contributed by atoms with Gasteiger partial charge in [0.2, 0.25) is 0 Å². The Hall–Kier alpha value is -3.45. The molecule has 1 spiro atoms. The summed E-state index contributed by atoms with van der Waals surface area (Å²) in [6, 6.07) is 11.7. The van der Waals surface area contributed by atoms with Crippen molar-refractivity contribution in [3.8, 4) is 5.75 Å². The molecule has 2 bridgehead atoms. The van der Waals surface area contributed by atoms with Crippen LogP contribution >= 0.6 is 0 Å². The Bertz CT molecular complexity index is 1800. The largest absolute Gasteiger partial charge is 0.490 e. The summed E-state index contributed by atoms with van der Waals surface area (Å²) in [6.07, 6.45) is 10.1. The Morgan fingerprint density at radius 1 is 1.12 bits per heavy atom. The van der Waals surface area contributed by atoms with Gasteiger partial charge in [-0.1, -0.05) is 42.8 Å². The number of anilines is 1. The van der Waals surface area contributed by atoms with Crippen molar-refractivity contribution in [2.45, 2.75) is 70.0 Å². The quantitative estimate of drug-likeness (QED) is 0.298. The standard InChI is InChI=1S/C40H54N4O7S/c1-27-10-14-34-29(19-27)8-6-16-40(34)25-44-21-31-11-13-33(31)36(49-4)9-5-7-28(2)24-52(47,42-39(46)43-22-32(23-43)50-18-17-48-3)41-38(45)30-12-15-37(51-26-40)35(44)20-30/h5,9-10,12,14-15,19-20,28,31-33,36H,6-8,11,13,16-18,21-26H2,1-4H3,(H,41,42,45,46,47)/b9-5+/t28-,31-,33+,36-,40-,52?/m0/s1. The van der Waals surface area contributed by atoms with Crippen molar-refractivity contribution >= 4 is 27.5 Å². The summed E-state index contributed by atoms with van der Waals surface area (Å²) in [4.78, 5) is 31.3. The number of hydrogen-bond donors (Lipinski definition) is 1. The molecule has 11 nitrogen and oxygen atoms in total. The van der Waals surface area contributed by atoms with Crippen molar-refractivity contribution in [3.05, 3.63) is 70.8 Å². The van der Waals surface area contributed by atoms with Gasteiger partial charge in [0.1, 0.15) is 15.7 Å². The summed E-state index contributed by atoms with van der Waals surface area (Å²) in [6.45, 7) is 7.87. The number of urea groups is 1. The number of ether oxygens (including phenoxy) is 4. The fraction of sp³-hybridized carbons (Fsp3) is 0.600. The van der Waals surface area contributed by atoms with Gasteiger partial charge >= 0.3 is 6.03 Å². The van der Waals surface area contributed by atoms with Crippen LogP contribution in [0.15, 0.2) is 52.9 Å². The molecule has 0 radical (unpaired) electrons. The molecular weight excluding hydrogens is 681 g/mol. The van der Waals surface area contributed by atoms with Gasteiger partial charge in [-0.3, -0.25) is 9.52 Å². The number of nitrogens with zero attached hydrogens (tertiary/aromatic N) is 3. The highest BCUT2D eigenvalue weighted by atomic mass is 32.2. The highest BCUT2D eigenvalue weighted by Crippen LogP contribution is 2.47. The molecule has 1 saturated heterocycles. The first-order valence-electron chi connectivity index (χ1n) is 18.9. The van der Waals surface area contributed by atoms with Gasteiger partial charge in [-0.15, -0.1) is 4.36 Å². The van der Waals surface area contributed by atoms with E-state index in [1.165, 1.54) is 21.6 Å². The van der Waals surface area contributed by atoms with Gasteiger partial charge in [0, 0.05) is 38.3 Å². The minimum absolute atomic E-state index is 0.0295. The zero-order chi connectivity index (χ0) is 36.5. The monoisotopic (exact) mass is 734 g/mol. The molecule has 0 aromatic heterocycles. The smallest absolute Gasteiger partial charge is 0.330 e. The van der Waals surface area contributed by atoms with Gasteiger partial charge in [0.15, 0.2) is 0 Å². The van der Waals surface area contributed by atoms with Crippen LogP contribution in [0.1, 0.15) is 66.1 Å². The normalized spacial score (nSPS) is 31.2. The zero-order valence-electron chi connectivity index (χ0n) is 31.0. The van der Waals surface area contributed by atoms with Crippen LogP contribution in [0.2, 0.25) is 0 Å². The molecule has 5 aliphatic rings. The van der Waals surface area contributed by atoms with Gasteiger partial charge in [0.05, 0.1) is 56.6 Å². The topological polar surface area (TPSA) is 119 Å². The Morgan fingerprint density at radius 3 is 2.73 bits per heavy atom. The second-order valence-corrected chi connectivity index (χ2v) is 17.6. The first-order valence-corrected chi connectivity index (χ1v) is 20.5. The second-order valence-electron chi connectivity index (χ2n) is 15.6. The number of nitrogens with one attached hydrogen (secondary N) is 1. The van der Waals surface area contributed by atoms with Crippen LogP contribution in [0, 0.1) is 24.7 Å². The van der Waals surface area contributed by atoms with Crippen LogP contribution in [-0.2, 0) is 36.0 Å². The summed E-state index contributed by atoms with van der Waals surface area (Å²) in [5, 5.41) is 0. The lowest BCUT2D eigenvalue weighted by Crippen LogP contribution is -2.58. The lowest BCUT2D eigenvalue weighted by Gasteiger charge is -2.46. The third kappa shape index (κ3) is 7.76. The molecule has 12 heteroatoms. The molecule has 2 fully saturated rings. The molecule has 1 N–H and O–H groups in total. The van der Waals surface area contributed by atoms with Crippen molar-refractivity contribution in [2.24, 2.45) is 22.1 Å². The van der Waals surface area contributed by atoms with Gasteiger partial charge < -0.3 is 28.7 Å². The van der Waals surface area contributed by atoms with E-state index in [1.807, 2.05) is 19.1 Å². The van der Waals surface area contributed by atoms with Crippen molar-refractivity contribution in [3.63, 3.8) is 0 Å². The summed E-state index contributed by atoms with van der Waals surface area (Å²) >= 11 is 0. The Morgan fingerprint density at radius 2 is 1.96 bits per heavy atom. The average Bonchev–Trinajstić information content (AvgIpc) is 3.23. The number of aryl methyl sites for hydroxylation is 2. The van der Waals surface area contributed by atoms with Gasteiger partial charge in [-0.25, -0.2) is 9.00 Å². The molecule has 7 rings (SSSR count). The summed E-state index contributed by atoms with van der Waals surface area (Å²) < 4.78 is 45.0. The Labute approximate surface area is 308 Å². The number of hydrogen-bond acceptors (Lipinski definition) is 8. The van der Waals surface area contributed by atoms with Crippen LogP contribution in [0.5, 0.6) is 5.75 Å². The molecule has 52 heavy (non-hydrogen) atoms. The van der Waals surface area contributed by atoms with Crippen molar-refractivity contribution in [1.29, 1.82) is 0 Å². The predicted molar refractivity (Wildman–Crippen MR) is 201 cm³/mol. The van der Waals surface area contributed by atoms with E-state index < -0.39 is 21.9 Å². The molecule has 1 unspecified atom stereocenters. The van der Waals surface area contributed by atoms with E-state index in [-0.39, 0.29) is 29.3 Å². The van der Waals surface area contributed by atoms with Gasteiger partial charge in [0.25, 0.3) is 5.91 Å². The highest BCUT2D eigenvalue weighted by molar-refractivity contribution is 7.92. The first kappa shape index (κ1) is 36.9. The number of likely N-dealkylation sites (tertiary alicyclic amines) is 1. The van der Waals surface area contributed by atoms with E-state index in [1.54, 1.807) is 20.3 Å². The number of allylic oxidation sites excluding steroid dienone is 1. The molecule has 6 atom stereocenters. The molecule has 282 valence electrons. The van der Waals surface area contributed by atoms with Crippen LogP contribution in [0.3, 0.4) is 0 Å². The van der Waals surface area contributed by atoms with E-state index in [0.29, 0.717) is 56.7 Å². The van der Waals surface area contributed by atoms with Crippen molar-refractivity contribution in [1.82, 2.24) is 9.62 Å². The molecule has 2 aromatic carbocycles. The number of methoxy groups -OCH3 is 2. The maximum atomic E-state index is 14.5. The molecular formula is C40H54N4O7S. The van der Waals surface area contributed by atoms with Crippen LogP contribution in [0.4, 0.5) is 10.5 Å². The predicted octanol–water partition coefficient (Wildman–Crippen LogP) is 5.69. The lowest BCUT2D eigenvalue weighted by atomic mass is 9.68. The summed E-state index contributed by atoms with van der Waals surface area (Å²) in [5.74, 6) is 0.784. The van der Waals surface area contributed by atoms with E-state index in [9.17, 15) is 13.8 Å². The van der Waals surface area contributed by atoms with Crippen molar-refractivity contribution < 1.29 is 32.7 Å². The number of carbonyl (C=O) groups is 2. The molecule has 3 amide bonds. The number of amides is 3. The molecule has 2 aromatic rings. The minimum Gasteiger partial charge on any atom is -0.490 e. The fourth-order valence-corrected chi connectivity index (χ4v) is 10.6. The minimum atomic E-state index is -3.49. The molecule has 2 aliphatic carbocycles. The first-order chi connectivity index (χ1) is 25.1. The Balaban J connectivity index is 1.23. The lowest BCUT2D eigenvalue weighted by molar-refractivity contribution is -0.0497. The third-order valence-electron chi connectivity index (χ3n) is 11.7. The maximum absolute atomic E-state index is 14.5. The van der Waals surface area contributed by atoms with E-state index in [4.69, 9.17) is 18.9 Å². The van der Waals surface area contributed by atoms with E-state index in [0.717, 1.165) is 56.6 Å².